The topological polar surface area (TPSA) is 73.6 Å². The monoisotopic (exact) mass is 344 g/mol. The van der Waals surface area contributed by atoms with Crippen molar-refractivity contribution in [3.63, 3.8) is 0 Å². The molecule has 1 aromatic heterocycles. The number of aryl methyl sites for hydroxylation is 2. The van der Waals surface area contributed by atoms with E-state index in [9.17, 15) is 4.79 Å². The summed E-state index contributed by atoms with van der Waals surface area (Å²) < 4.78 is 16.7. The van der Waals surface area contributed by atoms with Crippen LogP contribution in [0.5, 0.6) is 5.75 Å². The van der Waals surface area contributed by atoms with Gasteiger partial charge in [0.25, 0.3) is 5.91 Å². The Morgan fingerprint density at radius 2 is 2.08 bits per heavy atom. The number of oxazole rings is 1. The lowest BCUT2D eigenvalue weighted by Crippen LogP contribution is -2.37. The summed E-state index contributed by atoms with van der Waals surface area (Å²) in [6.45, 7) is 5.12. The molecule has 25 heavy (non-hydrogen) atoms. The van der Waals surface area contributed by atoms with Gasteiger partial charge in [0.2, 0.25) is 5.89 Å². The van der Waals surface area contributed by atoms with Crippen molar-refractivity contribution in [3.05, 3.63) is 35.7 Å². The zero-order valence-electron chi connectivity index (χ0n) is 14.7. The number of carbonyl (C=O) groups excluding carboxylic acids is 1. The van der Waals surface area contributed by atoms with Gasteiger partial charge in [-0.1, -0.05) is 0 Å². The average molecular weight is 344 g/mol. The first-order valence-electron chi connectivity index (χ1n) is 8.67. The van der Waals surface area contributed by atoms with Gasteiger partial charge in [-0.15, -0.1) is 0 Å². The maximum Gasteiger partial charge on any atom is 0.258 e. The normalized spacial score (nSPS) is 17.3. The van der Waals surface area contributed by atoms with Crippen LogP contribution >= 0.6 is 0 Å². The standard InChI is InChI=1S/C19H24N2O4/c1-13-14(2)25-19(21-13)15-6-8-16(9-7-15)24-12-18(22)20-11-17-5-3-4-10-23-17/h6-9,17H,3-5,10-12H2,1-2H3,(H,20,22). The minimum absolute atomic E-state index is 0.0106. The molecule has 1 aliphatic heterocycles. The lowest BCUT2D eigenvalue weighted by atomic mass is 10.1. The van der Waals surface area contributed by atoms with Crippen LogP contribution in [0.25, 0.3) is 11.5 Å². The molecule has 1 amide bonds. The highest BCUT2D eigenvalue weighted by Gasteiger charge is 2.15. The van der Waals surface area contributed by atoms with E-state index < -0.39 is 0 Å². The quantitative estimate of drug-likeness (QED) is 0.872. The lowest BCUT2D eigenvalue weighted by molar-refractivity contribution is -0.124. The number of amides is 1. The van der Waals surface area contributed by atoms with Crippen LogP contribution in [0.15, 0.2) is 28.7 Å². The summed E-state index contributed by atoms with van der Waals surface area (Å²) in [6.07, 6.45) is 3.40. The van der Waals surface area contributed by atoms with Crippen molar-refractivity contribution in [1.82, 2.24) is 10.3 Å². The number of aromatic nitrogens is 1. The summed E-state index contributed by atoms with van der Waals surface area (Å²) >= 11 is 0. The Labute approximate surface area is 147 Å². The lowest BCUT2D eigenvalue weighted by Gasteiger charge is -2.22. The number of nitrogens with one attached hydrogen (secondary N) is 1. The summed E-state index contributed by atoms with van der Waals surface area (Å²) in [6, 6.07) is 7.35. The number of carbonyl (C=O) groups is 1. The zero-order valence-corrected chi connectivity index (χ0v) is 14.7. The van der Waals surface area contributed by atoms with Gasteiger partial charge in [0.1, 0.15) is 11.5 Å². The molecule has 2 heterocycles. The highest BCUT2D eigenvalue weighted by Crippen LogP contribution is 2.23. The van der Waals surface area contributed by atoms with E-state index in [1.54, 1.807) is 0 Å². The van der Waals surface area contributed by atoms with E-state index in [0.717, 1.165) is 42.9 Å². The van der Waals surface area contributed by atoms with Gasteiger partial charge in [-0.2, -0.15) is 0 Å². The largest absolute Gasteiger partial charge is 0.484 e. The molecule has 1 aromatic carbocycles. The molecule has 1 fully saturated rings. The van der Waals surface area contributed by atoms with Gasteiger partial charge in [0.05, 0.1) is 11.8 Å². The third kappa shape index (κ3) is 4.82. The summed E-state index contributed by atoms with van der Waals surface area (Å²) in [5.74, 6) is 1.89. The smallest absolute Gasteiger partial charge is 0.258 e. The van der Waals surface area contributed by atoms with Crippen molar-refractivity contribution in [2.24, 2.45) is 0 Å². The molecule has 3 rings (SSSR count). The highest BCUT2D eigenvalue weighted by atomic mass is 16.5. The van der Waals surface area contributed by atoms with Gasteiger partial charge in [-0.05, 0) is 57.4 Å². The van der Waals surface area contributed by atoms with Crippen molar-refractivity contribution in [2.75, 3.05) is 19.8 Å². The van der Waals surface area contributed by atoms with Crippen molar-refractivity contribution >= 4 is 5.91 Å². The number of nitrogens with zero attached hydrogens (tertiary/aromatic N) is 1. The Hall–Kier alpha value is -2.34. The average Bonchev–Trinajstić information content (AvgIpc) is 2.98. The third-order valence-corrected chi connectivity index (χ3v) is 4.30. The molecular weight excluding hydrogens is 320 g/mol. The minimum atomic E-state index is -0.141. The van der Waals surface area contributed by atoms with Crippen molar-refractivity contribution < 1.29 is 18.7 Å². The van der Waals surface area contributed by atoms with Gasteiger partial charge >= 0.3 is 0 Å². The van der Waals surface area contributed by atoms with Crippen LogP contribution in [-0.2, 0) is 9.53 Å². The van der Waals surface area contributed by atoms with Crippen LogP contribution in [0.4, 0.5) is 0 Å². The fourth-order valence-corrected chi connectivity index (χ4v) is 2.69. The molecule has 2 aromatic rings. The number of benzene rings is 1. The first-order valence-corrected chi connectivity index (χ1v) is 8.67. The van der Waals surface area contributed by atoms with Gasteiger partial charge < -0.3 is 19.2 Å². The molecule has 0 saturated carbocycles. The maximum absolute atomic E-state index is 11.9. The van der Waals surface area contributed by atoms with E-state index >= 15 is 0 Å². The SMILES string of the molecule is Cc1nc(-c2ccc(OCC(=O)NCC3CCCCO3)cc2)oc1C. The summed E-state index contributed by atoms with van der Waals surface area (Å²) in [4.78, 5) is 16.2. The molecule has 1 aliphatic rings. The molecule has 1 atom stereocenters. The van der Waals surface area contributed by atoms with Crippen molar-refractivity contribution in [3.8, 4) is 17.2 Å². The minimum Gasteiger partial charge on any atom is -0.484 e. The molecule has 0 aliphatic carbocycles. The summed E-state index contributed by atoms with van der Waals surface area (Å²) in [5, 5.41) is 2.85. The second-order valence-corrected chi connectivity index (χ2v) is 6.27. The van der Waals surface area contributed by atoms with Gasteiger partial charge in [0, 0.05) is 18.7 Å². The van der Waals surface area contributed by atoms with Crippen LogP contribution in [0, 0.1) is 13.8 Å². The Bertz CT molecular complexity index is 683. The fraction of sp³-hybridized carbons (Fsp3) is 0.474. The molecule has 1 saturated heterocycles. The van der Waals surface area contributed by atoms with Crippen LogP contribution in [0.2, 0.25) is 0 Å². The number of rotatable bonds is 6. The molecule has 0 radical (unpaired) electrons. The van der Waals surface area contributed by atoms with E-state index in [2.05, 4.69) is 10.3 Å². The second kappa shape index (κ2) is 8.16. The molecule has 6 nitrogen and oxygen atoms in total. The Morgan fingerprint density at radius 3 is 2.72 bits per heavy atom. The molecule has 0 spiro atoms. The van der Waals surface area contributed by atoms with Crippen molar-refractivity contribution in [2.45, 2.75) is 39.2 Å². The second-order valence-electron chi connectivity index (χ2n) is 6.27. The van der Waals surface area contributed by atoms with E-state index in [-0.39, 0.29) is 18.6 Å². The summed E-state index contributed by atoms with van der Waals surface area (Å²) in [7, 11) is 0. The van der Waals surface area contributed by atoms with Gasteiger partial charge in [-0.25, -0.2) is 4.98 Å². The van der Waals surface area contributed by atoms with Crippen molar-refractivity contribution in [1.29, 1.82) is 0 Å². The first kappa shape index (κ1) is 17.5. The van der Waals surface area contributed by atoms with E-state index in [1.165, 1.54) is 0 Å². The highest BCUT2D eigenvalue weighted by molar-refractivity contribution is 5.77. The summed E-state index contributed by atoms with van der Waals surface area (Å²) in [5.41, 5.74) is 1.76. The third-order valence-electron chi connectivity index (χ3n) is 4.30. The van der Waals surface area contributed by atoms with Crippen LogP contribution in [0.1, 0.15) is 30.7 Å². The Kier molecular flexibility index (Phi) is 5.71. The predicted molar refractivity (Wildman–Crippen MR) is 93.5 cm³/mol. The maximum atomic E-state index is 11.9. The van der Waals surface area contributed by atoms with E-state index in [1.807, 2.05) is 38.1 Å². The van der Waals surface area contributed by atoms with Gasteiger partial charge in [-0.3, -0.25) is 4.79 Å². The van der Waals surface area contributed by atoms with E-state index in [0.29, 0.717) is 18.2 Å². The predicted octanol–water partition coefficient (Wildman–Crippen LogP) is 3.02. The molecule has 1 unspecified atom stereocenters. The van der Waals surface area contributed by atoms with E-state index in [4.69, 9.17) is 13.9 Å². The molecular formula is C19H24N2O4. The Morgan fingerprint density at radius 1 is 1.28 bits per heavy atom. The molecule has 0 bridgehead atoms. The number of hydrogen-bond acceptors (Lipinski definition) is 5. The van der Waals surface area contributed by atoms with Crippen LogP contribution in [-0.4, -0.2) is 36.8 Å². The molecule has 134 valence electrons. The first-order chi connectivity index (χ1) is 12.1. The Balaban J connectivity index is 1.45. The zero-order chi connectivity index (χ0) is 17.6. The number of ether oxygens (including phenoxy) is 2. The fourth-order valence-electron chi connectivity index (χ4n) is 2.69. The van der Waals surface area contributed by atoms with Crippen LogP contribution < -0.4 is 10.1 Å². The molecule has 1 N–H and O–H groups in total. The molecule has 6 heteroatoms. The van der Waals surface area contributed by atoms with Crippen LogP contribution in [0.3, 0.4) is 0 Å². The van der Waals surface area contributed by atoms with Gasteiger partial charge in [0.15, 0.2) is 6.61 Å². The number of hydrogen-bond donors (Lipinski definition) is 1.